The van der Waals surface area contributed by atoms with Crippen LogP contribution in [0.3, 0.4) is 0 Å². The SMILES string of the molecule is COc1ccc([C@@H]2CCN([C@@H](C)C(N)=O)C2)cc1. The molecule has 0 bridgehead atoms. The molecule has 2 N–H and O–H groups in total. The quantitative estimate of drug-likeness (QED) is 0.875. The second-order valence-corrected chi connectivity index (χ2v) is 4.83. The van der Waals surface area contributed by atoms with Crippen LogP contribution in [0.4, 0.5) is 0 Å². The molecule has 0 aromatic heterocycles. The lowest BCUT2D eigenvalue weighted by atomic mass is 9.98. The second-order valence-electron chi connectivity index (χ2n) is 4.83. The Balaban J connectivity index is 2.01. The van der Waals surface area contributed by atoms with Gasteiger partial charge in [-0.3, -0.25) is 9.69 Å². The minimum atomic E-state index is -0.245. The Morgan fingerprint density at radius 2 is 2.11 bits per heavy atom. The number of likely N-dealkylation sites (tertiary alicyclic amines) is 1. The van der Waals surface area contributed by atoms with Crippen LogP contribution in [0.5, 0.6) is 5.75 Å². The van der Waals surface area contributed by atoms with Gasteiger partial charge in [-0.1, -0.05) is 12.1 Å². The number of nitrogens with zero attached hydrogens (tertiary/aromatic N) is 1. The standard InChI is InChI=1S/C14H20N2O2/c1-10(14(15)17)16-8-7-12(9-16)11-3-5-13(18-2)6-4-11/h3-6,10,12H,7-9H2,1-2H3,(H2,15,17)/t10-,12+/m0/s1. The lowest BCUT2D eigenvalue weighted by Crippen LogP contribution is -2.41. The topological polar surface area (TPSA) is 55.6 Å². The summed E-state index contributed by atoms with van der Waals surface area (Å²) in [4.78, 5) is 13.3. The number of carbonyl (C=O) groups excluding carboxylic acids is 1. The van der Waals surface area contributed by atoms with E-state index < -0.39 is 0 Å². The van der Waals surface area contributed by atoms with Crippen LogP contribution in [-0.2, 0) is 4.79 Å². The molecule has 4 nitrogen and oxygen atoms in total. The third kappa shape index (κ3) is 2.64. The van der Waals surface area contributed by atoms with Gasteiger partial charge in [0, 0.05) is 6.54 Å². The fraction of sp³-hybridized carbons (Fsp3) is 0.500. The highest BCUT2D eigenvalue weighted by molar-refractivity contribution is 5.79. The zero-order chi connectivity index (χ0) is 13.1. The van der Waals surface area contributed by atoms with Crippen molar-refractivity contribution >= 4 is 5.91 Å². The minimum absolute atomic E-state index is 0.173. The molecule has 1 saturated heterocycles. The number of nitrogens with two attached hydrogens (primary N) is 1. The Morgan fingerprint density at radius 1 is 1.44 bits per heavy atom. The van der Waals surface area contributed by atoms with Crippen LogP contribution in [-0.4, -0.2) is 37.0 Å². The van der Waals surface area contributed by atoms with Crippen LogP contribution >= 0.6 is 0 Å². The number of hydrogen-bond donors (Lipinski definition) is 1. The maximum absolute atomic E-state index is 11.2. The molecular weight excluding hydrogens is 228 g/mol. The average Bonchev–Trinajstić information content (AvgIpc) is 2.87. The number of carbonyl (C=O) groups is 1. The van der Waals surface area contributed by atoms with E-state index in [-0.39, 0.29) is 11.9 Å². The molecule has 2 rings (SSSR count). The summed E-state index contributed by atoms with van der Waals surface area (Å²) in [5.74, 6) is 1.11. The third-order valence-electron chi connectivity index (χ3n) is 3.77. The fourth-order valence-corrected chi connectivity index (χ4v) is 2.47. The molecule has 1 aliphatic heterocycles. The Hall–Kier alpha value is -1.55. The van der Waals surface area contributed by atoms with E-state index in [1.54, 1.807) is 7.11 Å². The first-order valence-electron chi connectivity index (χ1n) is 6.29. The van der Waals surface area contributed by atoms with Gasteiger partial charge < -0.3 is 10.5 Å². The molecule has 2 atom stereocenters. The molecule has 1 aliphatic rings. The monoisotopic (exact) mass is 248 g/mol. The van der Waals surface area contributed by atoms with E-state index in [1.807, 2.05) is 19.1 Å². The first-order chi connectivity index (χ1) is 8.61. The van der Waals surface area contributed by atoms with E-state index in [0.717, 1.165) is 25.3 Å². The average molecular weight is 248 g/mol. The van der Waals surface area contributed by atoms with Gasteiger partial charge in [-0.05, 0) is 43.5 Å². The zero-order valence-electron chi connectivity index (χ0n) is 10.9. The van der Waals surface area contributed by atoms with Gasteiger partial charge in [-0.15, -0.1) is 0 Å². The summed E-state index contributed by atoms with van der Waals surface area (Å²) in [5, 5.41) is 0. The fourth-order valence-electron chi connectivity index (χ4n) is 2.47. The molecular formula is C14H20N2O2. The van der Waals surface area contributed by atoms with Gasteiger partial charge in [-0.25, -0.2) is 0 Å². The van der Waals surface area contributed by atoms with Crippen LogP contribution in [0, 0.1) is 0 Å². The predicted octanol–water partition coefficient (Wildman–Crippen LogP) is 1.36. The summed E-state index contributed by atoms with van der Waals surface area (Å²) in [7, 11) is 1.67. The van der Waals surface area contributed by atoms with Gasteiger partial charge in [-0.2, -0.15) is 0 Å². The molecule has 98 valence electrons. The minimum Gasteiger partial charge on any atom is -0.497 e. The molecule has 0 unspecified atom stereocenters. The van der Waals surface area contributed by atoms with E-state index >= 15 is 0 Å². The Labute approximate surface area is 108 Å². The van der Waals surface area contributed by atoms with Crippen molar-refractivity contribution in [3.8, 4) is 5.75 Å². The summed E-state index contributed by atoms with van der Waals surface area (Å²) in [6, 6.07) is 7.99. The number of rotatable bonds is 4. The third-order valence-corrected chi connectivity index (χ3v) is 3.77. The highest BCUT2D eigenvalue weighted by Crippen LogP contribution is 2.29. The number of primary amides is 1. The van der Waals surface area contributed by atoms with Crippen LogP contribution in [0.25, 0.3) is 0 Å². The van der Waals surface area contributed by atoms with Crippen LogP contribution in [0.2, 0.25) is 0 Å². The largest absolute Gasteiger partial charge is 0.497 e. The van der Waals surface area contributed by atoms with E-state index in [2.05, 4.69) is 17.0 Å². The van der Waals surface area contributed by atoms with Crippen molar-refractivity contribution in [2.45, 2.75) is 25.3 Å². The van der Waals surface area contributed by atoms with E-state index in [9.17, 15) is 4.79 Å². The van der Waals surface area contributed by atoms with Crippen LogP contribution in [0.1, 0.15) is 24.8 Å². The highest BCUT2D eigenvalue weighted by Gasteiger charge is 2.29. The first kappa shape index (κ1) is 12.9. The molecule has 0 radical (unpaired) electrons. The van der Waals surface area contributed by atoms with Gasteiger partial charge in [0.25, 0.3) is 0 Å². The Kier molecular flexibility index (Phi) is 3.87. The molecule has 1 amide bonds. The lowest BCUT2D eigenvalue weighted by Gasteiger charge is -2.21. The van der Waals surface area contributed by atoms with Crippen molar-refractivity contribution in [1.29, 1.82) is 0 Å². The summed E-state index contributed by atoms with van der Waals surface area (Å²) in [6.45, 7) is 3.70. The molecule has 1 aromatic carbocycles. The van der Waals surface area contributed by atoms with Gasteiger partial charge in [0.2, 0.25) is 5.91 Å². The number of benzene rings is 1. The van der Waals surface area contributed by atoms with E-state index in [0.29, 0.717) is 5.92 Å². The summed E-state index contributed by atoms with van der Waals surface area (Å²) in [5.41, 5.74) is 6.64. The predicted molar refractivity (Wildman–Crippen MR) is 70.6 cm³/mol. The molecule has 0 saturated carbocycles. The highest BCUT2D eigenvalue weighted by atomic mass is 16.5. The van der Waals surface area contributed by atoms with Crippen molar-refractivity contribution in [2.75, 3.05) is 20.2 Å². The summed E-state index contributed by atoms with van der Waals surface area (Å²) < 4.78 is 5.15. The van der Waals surface area contributed by atoms with Gasteiger partial charge in [0.1, 0.15) is 5.75 Å². The molecule has 4 heteroatoms. The van der Waals surface area contributed by atoms with Crippen LogP contribution < -0.4 is 10.5 Å². The lowest BCUT2D eigenvalue weighted by molar-refractivity contribution is -0.122. The number of methoxy groups -OCH3 is 1. The number of ether oxygens (including phenoxy) is 1. The Morgan fingerprint density at radius 3 is 2.67 bits per heavy atom. The van der Waals surface area contributed by atoms with Crippen LogP contribution in [0.15, 0.2) is 24.3 Å². The molecule has 1 fully saturated rings. The normalized spacial score (nSPS) is 21.8. The molecule has 1 heterocycles. The van der Waals surface area contributed by atoms with Crippen molar-refractivity contribution in [2.24, 2.45) is 5.73 Å². The van der Waals surface area contributed by atoms with Gasteiger partial charge >= 0.3 is 0 Å². The van der Waals surface area contributed by atoms with Crippen molar-refractivity contribution in [1.82, 2.24) is 4.90 Å². The maximum atomic E-state index is 11.2. The molecule has 1 aromatic rings. The summed E-state index contributed by atoms with van der Waals surface area (Å²) >= 11 is 0. The first-order valence-corrected chi connectivity index (χ1v) is 6.29. The van der Waals surface area contributed by atoms with Crippen molar-refractivity contribution < 1.29 is 9.53 Å². The molecule has 18 heavy (non-hydrogen) atoms. The zero-order valence-corrected chi connectivity index (χ0v) is 10.9. The van der Waals surface area contributed by atoms with E-state index in [4.69, 9.17) is 10.5 Å². The van der Waals surface area contributed by atoms with Gasteiger partial charge in [0.05, 0.1) is 13.2 Å². The molecule has 0 aliphatic carbocycles. The van der Waals surface area contributed by atoms with Crippen molar-refractivity contribution in [3.63, 3.8) is 0 Å². The Bertz CT molecular complexity index is 416. The van der Waals surface area contributed by atoms with E-state index in [1.165, 1.54) is 5.56 Å². The molecule has 0 spiro atoms. The summed E-state index contributed by atoms with van der Waals surface area (Å²) in [6.07, 6.45) is 1.07. The second kappa shape index (κ2) is 5.40. The number of amides is 1. The van der Waals surface area contributed by atoms with Crippen molar-refractivity contribution in [3.05, 3.63) is 29.8 Å². The number of hydrogen-bond acceptors (Lipinski definition) is 3. The smallest absolute Gasteiger partial charge is 0.234 e. The maximum Gasteiger partial charge on any atom is 0.234 e. The van der Waals surface area contributed by atoms with Gasteiger partial charge in [0.15, 0.2) is 0 Å².